The molecule has 2 aliphatic rings. The Morgan fingerprint density at radius 1 is 1.33 bits per heavy atom. The fourth-order valence-electron chi connectivity index (χ4n) is 3.77. The number of amides is 1. The van der Waals surface area contributed by atoms with Crippen molar-refractivity contribution in [3.05, 3.63) is 35.9 Å². The largest absolute Gasteiger partial charge is 0.494 e. The highest BCUT2D eigenvalue weighted by Gasteiger charge is 2.34. The van der Waals surface area contributed by atoms with E-state index in [1.165, 1.54) is 18.0 Å². The van der Waals surface area contributed by atoms with Crippen molar-refractivity contribution in [2.24, 2.45) is 0 Å². The number of benzene rings is 1. The highest BCUT2D eigenvalue weighted by atomic mass is 19.1. The minimum absolute atomic E-state index is 0.107. The molecule has 4 bridgehead atoms. The first-order chi connectivity index (χ1) is 14.6. The molecule has 2 aromatic heterocycles. The van der Waals surface area contributed by atoms with Crippen LogP contribution in [0.25, 0.3) is 11.2 Å². The third kappa shape index (κ3) is 3.00. The number of carbonyl (C=O) groups is 1. The summed E-state index contributed by atoms with van der Waals surface area (Å²) in [5.41, 5.74) is 2.52. The van der Waals surface area contributed by atoms with Gasteiger partial charge < -0.3 is 25.4 Å². The van der Waals surface area contributed by atoms with Crippen molar-refractivity contribution in [1.29, 1.82) is 0 Å². The van der Waals surface area contributed by atoms with Crippen molar-refractivity contribution < 1.29 is 18.7 Å². The van der Waals surface area contributed by atoms with E-state index in [-0.39, 0.29) is 36.2 Å². The zero-order chi connectivity index (χ0) is 20.8. The Morgan fingerprint density at radius 2 is 2.20 bits per heavy atom. The number of aromatic nitrogens is 3. The van der Waals surface area contributed by atoms with E-state index in [0.717, 1.165) is 18.4 Å². The number of pyridine rings is 1. The molecule has 5 rings (SSSR count). The number of hydrogen-bond donors (Lipinski definition) is 3. The maximum atomic E-state index is 14.9. The number of carbonyl (C=O) groups excluding carboxylic acids is 1. The number of rotatable bonds is 2. The monoisotopic (exact) mass is 412 g/mol. The predicted octanol–water partition coefficient (Wildman–Crippen LogP) is 2.98. The van der Waals surface area contributed by atoms with Crippen LogP contribution in [0.5, 0.6) is 5.75 Å². The molecule has 1 saturated carbocycles. The van der Waals surface area contributed by atoms with Crippen LogP contribution < -0.4 is 20.7 Å². The lowest BCUT2D eigenvalue weighted by Gasteiger charge is -2.36. The maximum Gasteiger partial charge on any atom is 0.328 e. The number of nitrogens with one attached hydrogen (secondary N) is 3. The summed E-state index contributed by atoms with van der Waals surface area (Å²) in [6.07, 6.45) is 2.98. The van der Waals surface area contributed by atoms with E-state index in [2.05, 4.69) is 25.9 Å². The summed E-state index contributed by atoms with van der Waals surface area (Å²) in [6.45, 7) is 0.271. The second kappa shape index (κ2) is 7.13. The predicted molar refractivity (Wildman–Crippen MR) is 109 cm³/mol. The van der Waals surface area contributed by atoms with Crippen LogP contribution in [0.1, 0.15) is 18.4 Å². The van der Waals surface area contributed by atoms with Crippen LogP contribution in [0.15, 0.2) is 24.5 Å². The summed E-state index contributed by atoms with van der Waals surface area (Å²) in [6, 6.07) is 4.57. The molecule has 0 unspecified atom stereocenters. The normalized spacial score (nSPS) is 20.6. The average Bonchev–Trinajstić information content (AvgIpc) is 3.16. The van der Waals surface area contributed by atoms with Gasteiger partial charge in [0.25, 0.3) is 0 Å². The number of halogens is 1. The molecule has 0 spiro atoms. The number of anilines is 3. The number of hydrogen-bond acceptors (Lipinski definition) is 7. The molecular formula is C20H21FN6O3. The first-order valence-corrected chi connectivity index (χ1v) is 9.69. The van der Waals surface area contributed by atoms with Crippen molar-refractivity contribution in [3.8, 4) is 5.75 Å². The highest BCUT2D eigenvalue weighted by Crippen LogP contribution is 2.33. The van der Waals surface area contributed by atoms with E-state index in [0.29, 0.717) is 22.7 Å². The molecule has 0 saturated heterocycles. The van der Waals surface area contributed by atoms with Crippen LogP contribution >= 0.6 is 0 Å². The molecule has 1 aliphatic carbocycles. The fourth-order valence-corrected chi connectivity index (χ4v) is 3.77. The summed E-state index contributed by atoms with van der Waals surface area (Å²) in [4.78, 5) is 21.7. The maximum absolute atomic E-state index is 14.9. The Hall–Kier alpha value is -3.40. The topological polar surface area (TPSA) is 102 Å². The second-order valence-corrected chi connectivity index (χ2v) is 7.36. The van der Waals surface area contributed by atoms with Crippen molar-refractivity contribution in [2.75, 3.05) is 24.8 Å². The third-order valence-corrected chi connectivity index (χ3v) is 5.56. The van der Waals surface area contributed by atoms with Gasteiger partial charge in [0.05, 0.1) is 37.2 Å². The van der Waals surface area contributed by atoms with Crippen LogP contribution in [0.4, 0.5) is 26.4 Å². The Balaban J connectivity index is 1.68. The highest BCUT2D eigenvalue weighted by molar-refractivity contribution is 5.94. The lowest BCUT2D eigenvalue weighted by Crippen LogP contribution is -2.52. The lowest BCUT2D eigenvalue weighted by molar-refractivity contribution is -0.0323. The van der Waals surface area contributed by atoms with Crippen molar-refractivity contribution >= 4 is 34.4 Å². The molecular weight excluding hydrogens is 391 g/mol. The van der Waals surface area contributed by atoms with Gasteiger partial charge in [-0.1, -0.05) is 0 Å². The molecule has 0 radical (unpaired) electrons. The lowest BCUT2D eigenvalue weighted by atomic mass is 9.89. The number of nitrogens with zero attached hydrogens (tertiary/aromatic N) is 3. The van der Waals surface area contributed by atoms with Crippen LogP contribution in [0.2, 0.25) is 0 Å². The minimum Gasteiger partial charge on any atom is -0.494 e. The molecule has 3 N–H and O–H groups in total. The van der Waals surface area contributed by atoms with Gasteiger partial charge in [0.1, 0.15) is 17.7 Å². The van der Waals surface area contributed by atoms with Crippen LogP contribution in [0.3, 0.4) is 0 Å². The van der Waals surface area contributed by atoms with E-state index in [9.17, 15) is 9.18 Å². The number of ether oxygens (including phenoxy) is 2. The van der Waals surface area contributed by atoms with E-state index < -0.39 is 5.82 Å². The molecule has 1 fully saturated rings. The number of imidazole rings is 1. The Morgan fingerprint density at radius 3 is 2.93 bits per heavy atom. The number of methoxy groups -OCH3 is 1. The van der Waals surface area contributed by atoms with Gasteiger partial charge in [0, 0.05) is 13.1 Å². The Labute approximate surface area is 171 Å². The van der Waals surface area contributed by atoms with Gasteiger partial charge in [0.15, 0.2) is 17.2 Å². The minimum atomic E-state index is -0.533. The summed E-state index contributed by atoms with van der Waals surface area (Å²) in [5, 5.41) is 9.05. The third-order valence-electron chi connectivity index (χ3n) is 5.56. The molecule has 1 aliphatic heterocycles. The van der Waals surface area contributed by atoms with Crippen LogP contribution in [0, 0.1) is 5.82 Å². The van der Waals surface area contributed by atoms with Crippen LogP contribution in [-0.2, 0) is 11.3 Å². The number of fused-ring (bicyclic) bond motifs is 4. The van der Waals surface area contributed by atoms with E-state index in [1.807, 2.05) is 0 Å². The summed E-state index contributed by atoms with van der Waals surface area (Å²) in [7, 11) is 3.17. The average molecular weight is 412 g/mol. The van der Waals surface area contributed by atoms with Gasteiger partial charge in [-0.2, -0.15) is 0 Å². The van der Waals surface area contributed by atoms with Gasteiger partial charge in [0.2, 0.25) is 0 Å². The fraction of sp³-hybridized carbons (Fsp3) is 0.350. The van der Waals surface area contributed by atoms with Gasteiger partial charge >= 0.3 is 6.03 Å². The first kappa shape index (κ1) is 18.6. The van der Waals surface area contributed by atoms with Crippen molar-refractivity contribution in [3.63, 3.8) is 0 Å². The smallest absolute Gasteiger partial charge is 0.328 e. The zero-order valence-corrected chi connectivity index (χ0v) is 16.5. The summed E-state index contributed by atoms with van der Waals surface area (Å²) >= 11 is 0. The SMILES string of the molecule is CNc1cc2nc3c1ncn3C(=O)N[C@@H]1CC[C@H]1OCc1cc(c(F)c(OC)c1)N2. The van der Waals surface area contributed by atoms with Crippen molar-refractivity contribution in [1.82, 2.24) is 19.9 Å². The van der Waals surface area contributed by atoms with Gasteiger partial charge in [-0.25, -0.2) is 23.7 Å². The Bertz CT molecular complexity index is 1150. The molecule has 9 nitrogen and oxygen atoms in total. The van der Waals surface area contributed by atoms with E-state index in [4.69, 9.17) is 9.47 Å². The molecule has 30 heavy (non-hydrogen) atoms. The van der Waals surface area contributed by atoms with E-state index in [1.54, 1.807) is 25.2 Å². The summed E-state index contributed by atoms with van der Waals surface area (Å²) in [5.74, 6) is -0.0582. The molecule has 1 aromatic carbocycles. The van der Waals surface area contributed by atoms with Gasteiger partial charge in [-0.05, 0) is 30.5 Å². The molecule has 1 amide bonds. The molecule has 3 heterocycles. The molecule has 3 aromatic rings. The van der Waals surface area contributed by atoms with Gasteiger partial charge in [-0.15, -0.1) is 0 Å². The quantitative estimate of drug-likeness (QED) is 0.595. The standard InChI is InChI=1S/C20H21FN6O3/c1-22-13-7-16-24-12-5-10(6-15(29-2)17(12)21)8-30-14-4-3-11(14)25-20(28)27-9-23-18(13)19(27)26-16/h5-7,9,11,14H,3-4,8H2,1-2H3,(H,25,28)(H2,22,24,26)/t11-,14-/m1/s1. The van der Waals surface area contributed by atoms with E-state index >= 15 is 0 Å². The van der Waals surface area contributed by atoms with Gasteiger partial charge in [-0.3, -0.25) is 0 Å². The van der Waals surface area contributed by atoms with Crippen molar-refractivity contribution in [2.45, 2.75) is 31.6 Å². The zero-order valence-electron chi connectivity index (χ0n) is 16.5. The van der Waals surface area contributed by atoms with Crippen LogP contribution in [-0.4, -0.2) is 46.9 Å². The first-order valence-electron chi connectivity index (χ1n) is 9.69. The molecule has 2 atom stereocenters. The Kier molecular flexibility index (Phi) is 4.43. The summed E-state index contributed by atoms with van der Waals surface area (Å²) < 4.78 is 27.5. The molecule has 10 heteroatoms. The second-order valence-electron chi connectivity index (χ2n) is 7.36. The molecule has 156 valence electrons.